The zero-order valence-electron chi connectivity index (χ0n) is 9.62. The van der Waals surface area contributed by atoms with Gasteiger partial charge in [-0.1, -0.05) is 0 Å². The van der Waals surface area contributed by atoms with Gasteiger partial charge in [0.1, 0.15) is 5.82 Å². The summed E-state index contributed by atoms with van der Waals surface area (Å²) >= 11 is 3.10. The molecule has 1 aromatic carbocycles. The van der Waals surface area contributed by atoms with Gasteiger partial charge in [0.15, 0.2) is 17.4 Å². The lowest BCUT2D eigenvalue weighted by Crippen LogP contribution is -2.16. The molecule has 0 atom stereocenters. The van der Waals surface area contributed by atoms with Crippen LogP contribution in [0, 0.1) is 17.5 Å². The summed E-state index contributed by atoms with van der Waals surface area (Å²) in [7, 11) is 0. The number of carbonyl (C=O) groups excluding carboxylic acids is 1. The monoisotopic (exact) mass is 346 g/mol. The van der Waals surface area contributed by atoms with Gasteiger partial charge in [-0.25, -0.2) is 13.8 Å². The topological polar surface area (TPSA) is 62.2 Å². The van der Waals surface area contributed by atoms with Crippen molar-refractivity contribution in [1.82, 2.24) is 4.98 Å². The van der Waals surface area contributed by atoms with Crippen LogP contribution < -0.4 is 5.32 Å². The molecule has 8 heteroatoms. The summed E-state index contributed by atoms with van der Waals surface area (Å²) in [6.07, 6.45) is 1.37. The second kappa shape index (κ2) is 5.49. The van der Waals surface area contributed by atoms with Crippen LogP contribution in [0.1, 0.15) is 10.4 Å². The average molecular weight is 347 g/mol. The van der Waals surface area contributed by atoms with Crippen LogP contribution in [0.15, 0.2) is 28.9 Å². The molecule has 0 saturated carbocycles. The number of nitrogens with zero attached hydrogens (tertiary/aromatic N) is 1. The van der Waals surface area contributed by atoms with E-state index in [1.807, 2.05) is 0 Å². The second-order valence-electron chi connectivity index (χ2n) is 3.67. The molecule has 1 amide bonds. The van der Waals surface area contributed by atoms with Crippen molar-refractivity contribution in [3.63, 3.8) is 0 Å². The Morgan fingerprint density at radius 2 is 2.00 bits per heavy atom. The minimum absolute atomic E-state index is 0.0705. The van der Waals surface area contributed by atoms with Crippen LogP contribution in [-0.4, -0.2) is 16.0 Å². The molecule has 0 radical (unpaired) electrons. The molecular weight excluding hydrogens is 341 g/mol. The molecule has 0 aliphatic heterocycles. The summed E-state index contributed by atoms with van der Waals surface area (Å²) in [4.78, 5) is 15.6. The molecule has 2 N–H and O–H groups in total. The SMILES string of the molecule is O=C(Nc1ncccc1Br)c1cc(F)c(F)c(O)c1F. The van der Waals surface area contributed by atoms with Crippen LogP contribution in [0.25, 0.3) is 0 Å². The highest BCUT2D eigenvalue weighted by Gasteiger charge is 2.23. The Balaban J connectivity index is 2.38. The van der Waals surface area contributed by atoms with Gasteiger partial charge in [-0.05, 0) is 34.1 Å². The lowest BCUT2D eigenvalue weighted by molar-refractivity contribution is 0.102. The van der Waals surface area contributed by atoms with Crippen LogP contribution >= 0.6 is 15.9 Å². The lowest BCUT2D eigenvalue weighted by Gasteiger charge is -2.08. The number of aromatic nitrogens is 1. The van der Waals surface area contributed by atoms with Gasteiger partial charge in [-0.15, -0.1) is 0 Å². The van der Waals surface area contributed by atoms with Gasteiger partial charge >= 0.3 is 0 Å². The fourth-order valence-corrected chi connectivity index (χ4v) is 1.76. The second-order valence-corrected chi connectivity index (χ2v) is 4.52. The molecule has 0 aliphatic carbocycles. The zero-order valence-corrected chi connectivity index (χ0v) is 11.2. The number of phenolic OH excluding ortho intramolecular Hbond substituents is 1. The van der Waals surface area contributed by atoms with Gasteiger partial charge < -0.3 is 10.4 Å². The molecule has 20 heavy (non-hydrogen) atoms. The minimum atomic E-state index is -1.75. The van der Waals surface area contributed by atoms with Crippen molar-refractivity contribution >= 4 is 27.7 Å². The standard InChI is InChI=1S/C12H6BrF3N2O2/c13-6-2-1-3-17-11(6)18-12(20)5-4-7(14)9(16)10(19)8(5)15/h1-4,19H,(H,17,18,20). The highest BCUT2D eigenvalue weighted by molar-refractivity contribution is 9.10. The van der Waals surface area contributed by atoms with Crippen LogP contribution in [-0.2, 0) is 0 Å². The predicted octanol–water partition coefficient (Wildman–Crippen LogP) is 3.22. The molecule has 0 bridgehead atoms. The highest BCUT2D eigenvalue weighted by Crippen LogP contribution is 2.27. The van der Waals surface area contributed by atoms with E-state index in [4.69, 9.17) is 5.11 Å². The quantitative estimate of drug-likeness (QED) is 0.820. The maximum absolute atomic E-state index is 13.5. The van der Waals surface area contributed by atoms with E-state index in [9.17, 15) is 18.0 Å². The van der Waals surface area contributed by atoms with Gasteiger partial charge in [-0.3, -0.25) is 4.79 Å². The van der Waals surface area contributed by atoms with E-state index in [0.29, 0.717) is 10.5 Å². The van der Waals surface area contributed by atoms with Crippen molar-refractivity contribution in [1.29, 1.82) is 0 Å². The molecule has 104 valence electrons. The number of hydrogen-bond acceptors (Lipinski definition) is 3. The van der Waals surface area contributed by atoms with Crippen molar-refractivity contribution < 1.29 is 23.1 Å². The van der Waals surface area contributed by atoms with Crippen LogP contribution in [0.2, 0.25) is 0 Å². The van der Waals surface area contributed by atoms with Gasteiger partial charge in [0.05, 0.1) is 10.0 Å². The molecule has 1 heterocycles. The Morgan fingerprint density at radius 3 is 2.65 bits per heavy atom. The van der Waals surface area contributed by atoms with Gasteiger partial charge in [0.2, 0.25) is 5.82 Å². The third-order valence-electron chi connectivity index (χ3n) is 2.37. The van der Waals surface area contributed by atoms with E-state index < -0.39 is 34.7 Å². The molecule has 2 rings (SSSR count). The number of halogens is 4. The maximum Gasteiger partial charge on any atom is 0.260 e. The van der Waals surface area contributed by atoms with E-state index in [1.165, 1.54) is 6.20 Å². The van der Waals surface area contributed by atoms with Crippen LogP contribution in [0.4, 0.5) is 19.0 Å². The summed E-state index contributed by atoms with van der Waals surface area (Å²) in [6.45, 7) is 0. The summed E-state index contributed by atoms with van der Waals surface area (Å²) in [5.41, 5.74) is -0.834. The number of aromatic hydroxyl groups is 1. The number of pyridine rings is 1. The van der Waals surface area contributed by atoms with E-state index >= 15 is 0 Å². The number of amides is 1. The first kappa shape index (κ1) is 14.3. The Hall–Kier alpha value is -2.09. The summed E-state index contributed by atoms with van der Waals surface area (Å²) in [6, 6.07) is 3.52. The molecule has 4 nitrogen and oxygen atoms in total. The van der Waals surface area contributed by atoms with E-state index in [1.54, 1.807) is 12.1 Å². The maximum atomic E-state index is 13.5. The number of phenols is 1. The van der Waals surface area contributed by atoms with Crippen molar-refractivity contribution in [2.24, 2.45) is 0 Å². The number of nitrogens with one attached hydrogen (secondary N) is 1. The largest absolute Gasteiger partial charge is 0.503 e. The number of hydrogen-bond donors (Lipinski definition) is 2. The first-order chi connectivity index (χ1) is 9.41. The number of carbonyl (C=O) groups is 1. The number of benzene rings is 1. The van der Waals surface area contributed by atoms with Gasteiger partial charge in [-0.2, -0.15) is 4.39 Å². The van der Waals surface area contributed by atoms with E-state index in [-0.39, 0.29) is 5.82 Å². The first-order valence-corrected chi connectivity index (χ1v) is 5.99. The molecular formula is C12H6BrF3N2O2. The third kappa shape index (κ3) is 2.60. The molecule has 0 unspecified atom stereocenters. The Labute approximate surface area is 119 Å². The van der Waals surface area contributed by atoms with Crippen LogP contribution in [0.3, 0.4) is 0 Å². The highest BCUT2D eigenvalue weighted by atomic mass is 79.9. The molecule has 0 fully saturated rings. The predicted molar refractivity (Wildman–Crippen MR) is 67.9 cm³/mol. The van der Waals surface area contributed by atoms with E-state index in [0.717, 1.165) is 0 Å². The minimum Gasteiger partial charge on any atom is -0.503 e. The fraction of sp³-hybridized carbons (Fsp3) is 0. The Kier molecular flexibility index (Phi) is 3.93. The van der Waals surface area contributed by atoms with Gasteiger partial charge in [0, 0.05) is 6.20 Å². The molecule has 0 saturated heterocycles. The average Bonchev–Trinajstić information content (AvgIpc) is 2.43. The summed E-state index contributed by atoms with van der Waals surface area (Å²) < 4.78 is 40.0. The molecule has 1 aromatic heterocycles. The van der Waals surface area contributed by atoms with Crippen LogP contribution in [0.5, 0.6) is 5.75 Å². The zero-order chi connectivity index (χ0) is 14.9. The molecule has 2 aromatic rings. The number of anilines is 1. The number of rotatable bonds is 2. The summed E-state index contributed by atoms with van der Waals surface area (Å²) in [5, 5.41) is 11.2. The summed E-state index contributed by atoms with van der Waals surface area (Å²) in [5.74, 6) is -7.38. The van der Waals surface area contributed by atoms with Crippen molar-refractivity contribution in [3.8, 4) is 5.75 Å². The molecule has 0 aliphatic rings. The Bertz CT molecular complexity index is 695. The first-order valence-electron chi connectivity index (χ1n) is 5.20. The normalized spacial score (nSPS) is 10.4. The fourth-order valence-electron chi connectivity index (χ4n) is 1.41. The Morgan fingerprint density at radius 1 is 1.30 bits per heavy atom. The van der Waals surface area contributed by atoms with Crippen molar-refractivity contribution in [2.45, 2.75) is 0 Å². The molecule has 0 spiro atoms. The van der Waals surface area contributed by atoms with Crippen molar-refractivity contribution in [2.75, 3.05) is 5.32 Å². The van der Waals surface area contributed by atoms with E-state index in [2.05, 4.69) is 26.2 Å². The van der Waals surface area contributed by atoms with Crippen molar-refractivity contribution in [3.05, 3.63) is 51.9 Å². The smallest absolute Gasteiger partial charge is 0.260 e. The lowest BCUT2D eigenvalue weighted by atomic mass is 10.1. The third-order valence-corrected chi connectivity index (χ3v) is 3.01. The van der Waals surface area contributed by atoms with Gasteiger partial charge in [0.25, 0.3) is 5.91 Å².